The Morgan fingerprint density at radius 1 is 1.14 bits per heavy atom. The number of benzene rings is 2. The molecule has 5 nitrogen and oxygen atoms in total. The van der Waals surface area contributed by atoms with Gasteiger partial charge in [0.15, 0.2) is 0 Å². The average Bonchev–Trinajstić information content (AvgIpc) is 2.97. The lowest BCUT2D eigenvalue weighted by atomic mass is 9.73. The zero-order valence-corrected chi connectivity index (χ0v) is 16.3. The van der Waals surface area contributed by atoms with E-state index in [9.17, 15) is 9.59 Å². The second-order valence-electron chi connectivity index (χ2n) is 8.40. The van der Waals surface area contributed by atoms with Crippen molar-refractivity contribution in [3.63, 3.8) is 0 Å². The van der Waals surface area contributed by atoms with Gasteiger partial charge in [-0.1, -0.05) is 48.0 Å². The molecule has 3 heterocycles. The third-order valence-corrected chi connectivity index (χ3v) is 6.71. The summed E-state index contributed by atoms with van der Waals surface area (Å²) in [6.45, 7) is 6.21. The number of nitrogens with one attached hydrogen (secondary N) is 1. The minimum atomic E-state index is -0.949. The van der Waals surface area contributed by atoms with Crippen molar-refractivity contribution < 1.29 is 14.3 Å². The zero-order valence-electron chi connectivity index (χ0n) is 16.3. The Kier molecular flexibility index (Phi) is 3.60. The molecule has 0 saturated carbocycles. The number of ether oxygens (including phenoxy) is 1. The van der Waals surface area contributed by atoms with Gasteiger partial charge in [0, 0.05) is 17.4 Å². The van der Waals surface area contributed by atoms with E-state index < -0.39 is 11.6 Å². The smallest absolute Gasteiger partial charge is 0.247 e. The minimum absolute atomic E-state index is 0.0155. The van der Waals surface area contributed by atoms with Gasteiger partial charge < -0.3 is 15.0 Å². The van der Waals surface area contributed by atoms with Gasteiger partial charge in [0.05, 0.1) is 12.6 Å². The zero-order chi connectivity index (χ0) is 19.6. The van der Waals surface area contributed by atoms with Crippen LogP contribution in [0, 0.1) is 12.8 Å². The van der Waals surface area contributed by atoms with Crippen molar-refractivity contribution in [3.8, 4) is 5.75 Å². The van der Waals surface area contributed by atoms with Gasteiger partial charge in [-0.25, -0.2) is 0 Å². The third kappa shape index (κ3) is 2.13. The van der Waals surface area contributed by atoms with Gasteiger partial charge in [-0.3, -0.25) is 9.59 Å². The highest BCUT2D eigenvalue weighted by atomic mass is 16.5. The van der Waals surface area contributed by atoms with Crippen LogP contribution in [0.3, 0.4) is 0 Å². The molecule has 0 bridgehead atoms. The van der Waals surface area contributed by atoms with E-state index in [0.29, 0.717) is 6.61 Å². The summed E-state index contributed by atoms with van der Waals surface area (Å²) < 4.78 is 6.12. The van der Waals surface area contributed by atoms with Crippen LogP contribution in [0.4, 0.5) is 0 Å². The van der Waals surface area contributed by atoms with E-state index >= 15 is 0 Å². The number of hydrogen-bond donors (Lipinski definition) is 1. The summed E-state index contributed by atoms with van der Waals surface area (Å²) >= 11 is 0. The molecule has 0 radical (unpaired) electrons. The van der Waals surface area contributed by atoms with Crippen molar-refractivity contribution >= 4 is 11.8 Å². The predicted molar refractivity (Wildman–Crippen MR) is 105 cm³/mol. The van der Waals surface area contributed by atoms with Crippen LogP contribution in [0.2, 0.25) is 0 Å². The number of rotatable bonds is 1. The highest BCUT2D eigenvalue weighted by molar-refractivity contribution is 6.01. The molecular weight excluding hydrogens is 352 g/mol. The van der Waals surface area contributed by atoms with Crippen molar-refractivity contribution in [2.45, 2.75) is 44.3 Å². The van der Waals surface area contributed by atoms with Crippen molar-refractivity contribution in [1.82, 2.24) is 10.2 Å². The third-order valence-electron chi connectivity index (χ3n) is 6.71. The maximum Gasteiger partial charge on any atom is 0.247 e. The van der Waals surface area contributed by atoms with Gasteiger partial charge in [-0.05, 0) is 32.4 Å². The Morgan fingerprint density at radius 3 is 2.64 bits per heavy atom. The lowest BCUT2D eigenvalue weighted by Gasteiger charge is -2.45. The quantitative estimate of drug-likeness (QED) is 0.833. The van der Waals surface area contributed by atoms with Crippen molar-refractivity contribution in [1.29, 1.82) is 0 Å². The van der Waals surface area contributed by atoms with E-state index in [4.69, 9.17) is 4.74 Å². The first-order valence-electron chi connectivity index (χ1n) is 9.85. The van der Waals surface area contributed by atoms with Crippen LogP contribution in [0.15, 0.2) is 48.5 Å². The Morgan fingerprint density at radius 2 is 1.89 bits per heavy atom. The molecule has 2 aromatic rings. The van der Waals surface area contributed by atoms with Gasteiger partial charge in [0.2, 0.25) is 11.8 Å². The van der Waals surface area contributed by atoms with Crippen molar-refractivity contribution in [3.05, 3.63) is 65.2 Å². The summed E-state index contributed by atoms with van der Waals surface area (Å²) in [6.07, 6.45) is 0. The van der Waals surface area contributed by atoms with Crippen molar-refractivity contribution in [2.24, 2.45) is 5.92 Å². The summed E-state index contributed by atoms with van der Waals surface area (Å²) in [5.41, 5.74) is 2.25. The summed E-state index contributed by atoms with van der Waals surface area (Å²) in [6, 6.07) is 15.5. The number of amides is 2. The van der Waals surface area contributed by atoms with Crippen LogP contribution in [0.1, 0.15) is 42.5 Å². The summed E-state index contributed by atoms with van der Waals surface area (Å²) in [5.74, 6) is 0.585. The first kappa shape index (κ1) is 17.3. The van der Waals surface area contributed by atoms with E-state index in [1.54, 1.807) is 6.92 Å². The van der Waals surface area contributed by atoms with Crippen LogP contribution in [0.25, 0.3) is 0 Å². The Bertz CT molecular complexity index is 973. The molecule has 0 unspecified atom stereocenters. The van der Waals surface area contributed by atoms with Crippen LogP contribution in [-0.2, 0) is 9.59 Å². The number of aryl methyl sites for hydroxylation is 1. The molecule has 0 spiro atoms. The fraction of sp³-hybridized carbons (Fsp3) is 0.391. The van der Waals surface area contributed by atoms with Crippen molar-refractivity contribution in [2.75, 3.05) is 6.61 Å². The molecule has 28 heavy (non-hydrogen) atoms. The summed E-state index contributed by atoms with van der Waals surface area (Å²) in [4.78, 5) is 28.5. The predicted octanol–water partition coefficient (Wildman–Crippen LogP) is 2.95. The number of nitrogens with zero attached hydrogens (tertiary/aromatic N) is 1. The molecule has 2 aromatic carbocycles. The molecule has 0 aromatic heterocycles. The molecule has 144 valence electrons. The van der Waals surface area contributed by atoms with E-state index in [2.05, 4.69) is 23.5 Å². The highest BCUT2D eigenvalue weighted by Gasteiger charge is 2.66. The molecule has 5 atom stereocenters. The number of carbonyl (C=O) groups is 2. The number of piperazine rings is 1. The maximum absolute atomic E-state index is 13.4. The molecule has 1 N–H and O–H groups in total. The van der Waals surface area contributed by atoms with E-state index in [1.807, 2.05) is 49.1 Å². The SMILES string of the molecule is Cc1ccc2c(c1)[C@@H]1[C@H](CO2)[C@H](c2ccccc2)[C@]2(C)C(=O)N[C@H](C)C(=O)N12. The van der Waals surface area contributed by atoms with E-state index in [0.717, 1.165) is 22.4 Å². The Balaban J connectivity index is 1.76. The lowest BCUT2D eigenvalue weighted by Crippen LogP contribution is -2.68. The molecule has 2 fully saturated rings. The molecule has 3 aliphatic heterocycles. The molecule has 3 aliphatic rings. The number of fused-ring (bicyclic) bond motifs is 5. The first-order chi connectivity index (χ1) is 13.4. The standard InChI is InChI=1S/C23H24N2O3/c1-13-9-10-18-16(11-13)20-17(12-28-18)19(15-7-5-4-6-8-15)23(3)22(27)24-14(2)21(26)25(20)23/h4-11,14,17,19-20H,12H2,1-3H3,(H,24,27)/t14-,17-,19+,20-,23-/m1/s1. The van der Waals surface area contributed by atoms with Gasteiger partial charge in [0.1, 0.15) is 17.3 Å². The fourth-order valence-electron chi connectivity index (χ4n) is 5.46. The Labute approximate surface area is 164 Å². The number of carbonyl (C=O) groups excluding carboxylic acids is 2. The lowest BCUT2D eigenvalue weighted by molar-refractivity contribution is -0.156. The molecule has 5 rings (SSSR count). The molecule has 2 saturated heterocycles. The first-order valence-corrected chi connectivity index (χ1v) is 9.85. The summed E-state index contributed by atoms with van der Waals surface area (Å²) in [7, 11) is 0. The largest absolute Gasteiger partial charge is 0.493 e. The minimum Gasteiger partial charge on any atom is -0.493 e. The second kappa shape index (κ2) is 5.84. The van der Waals surface area contributed by atoms with Gasteiger partial charge >= 0.3 is 0 Å². The monoisotopic (exact) mass is 376 g/mol. The van der Waals surface area contributed by atoms with Crippen LogP contribution >= 0.6 is 0 Å². The molecule has 2 amide bonds. The number of hydrogen-bond acceptors (Lipinski definition) is 3. The normalized spacial score (nSPS) is 33.5. The maximum atomic E-state index is 13.4. The van der Waals surface area contributed by atoms with Crippen LogP contribution in [-0.4, -0.2) is 34.9 Å². The van der Waals surface area contributed by atoms with Gasteiger partial charge in [-0.15, -0.1) is 0 Å². The van der Waals surface area contributed by atoms with Crippen LogP contribution in [0.5, 0.6) is 5.75 Å². The Hall–Kier alpha value is -2.82. The molecular formula is C23H24N2O3. The molecule has 5 heteroatoms. The topological polar surface area (TPSA) is 58.6 Å². The fourth-order valence-corrected chi connectivity index (χ4v) is 5.46. The highest BCUT2D eigenvalue weighted by Crippen LogP contribution is 2.59. The van der Waals surface area contributed by atoms with E-state index in [1.165, 1.54) is 0 Å². The van der Waals surface area contributed by atoms with Gasteiger partial charge in [0.25, 0.3) is 0 Å². The van der Waals surface area contributed by atoms with E-state index in [-0.39, 0.29) is 29.7 Å². The van der Waals surface area contributed by atoms with Gasteiger partial charge in [-0.2, -0.15) is 0 Å². The van der Waals surface area contributed by atoms with Crippen LogP contribution < -0.4 is 10.1 Å². The summed E-state index contributed by atoms with van der Waals surface area (Å²) in [5, 5.41) is 2.91. The second-order valence-corrected chi connectivity index (χ2v) is 8.40. The molecule has 0 aliphatic carbocycles. The average molecular weight is 376 g/mol.